The van der Waals surface area contributed by atoms with E-state index in [-0.39, 0.29) is 18.2 Å². The first-order chi connectivity index (χ1) is 9.69. The number of aliphatic hydroxyl groups excluding tert-OH is 1. The van der Waals surface area contributed by atoms with Crippen LogP contribution < -0.4 is 5.32 Å². The van der Waals surface area contributed by atoms with Gasteiger partial charge in [0.15, 0.2) is 5.69 Å². The van der Waals surface area contributed by atoms with E-state index in [1.807, 2.05) is 0 Å². The molecule has 0 amide bonds. The highest BCUT2D eigenvalue weighted by Crippen LogP contribution is 2.30. The maximum absolute atomic E-state index is 10.7. The first-order valence-electron chi connectivity index (χ1n) is 7.09. The molecule has 1 aromatic rings. The fourth-order valence-corrected chi connectivity index (χ4v) is 2.72. The molecular weight excluding hydrogens is 258 g/mol. The minimum absolute atomic E-state index is 0.0692. The number of anilines is 1. The van der Waals surface area contributed by atoms with Gasteiger partial charge in [0.2, 0.25) is 0 Å². The maximum atomic E-state index is 10.7. The van der Waals surface area contributed by atoms with Crippen LogP contribution in [0.25, 0.3) is 0 Å². The van der Waals surface area contributed by atoms with E-state index >= 15 is 0 Å². The molecular formula is C14H21N3O3. The highest BCUT2D eigenvalue weighted by atomic mass is 16.4. The molecule has 0 bridgehead atoms. The Morgan fingerprint density at radius 3 is 2.65 bits per heavy atom. The van der Waals surface area contributed by atoms with E-state index in [4.69, 9.17) is 5.11 Å². The fraction of sp³-hybridized carbons (Fsp3) is 0.643. The largest absolute Gasteiger partial charge is 0.476 e. The minimum atomic E-state index is -1.08. The zero-order valence-corrected chi connectivity index (χ0v) is 11.5. The maximum Gasteiger partial charge on any atom is 0.356 e. The van der Waals surface area contributed by atoms with E-state index < -0.39 is 5.97 Å². The average Bonchev–Trinajstić information content (AvgIpc) is 2.96. The second-order valence-electron chi connectivity index (χ2n) is 5.41. The molecule has 1 aliphatic carbocycles. The first-order valence-corrected chi connectivity index (χ1v) is 7.09. The number of aromatic carboxylic acids is 1. The number of rotatable bonds is 7. The molecule has 0 radical (unpaired) electrons. The van der Waals surface area contributed by atoms with Gasteiger partial charge in [-0.05, 0) is 18.3 Å². The smallest absolute Gasteiger partial charge is 0.356 e. The van der Waals surface area contributed by atoms with Crippen molar-refractivity contribution in [3.63, 3.8) is 0 Å². The zero-order valence-electron chi connectivity index (χ0n) is 11.5. The van der Waals surface area contributed by atoms with Gasteiger partial charge in [0.05, 0.1) is 12.4 Å². The van der Waals surface area contributed by atoms with Crippen molar-refractivity contribution in [3.05, 3.63) is 18.1 Å². The van der Waals surface area contributed by atoms with E-state index in [1.165, 1.54) is 38.1 Å². The molecule has 6 nitrogen and oxygen atoms in total. The van der Waals surface area contributed by atoms with Crippen LogP contribution in [0.15, 0.2) is 12.4 Å². The summed E-state index contributed by atoms with van der Waals surface area (Å²) in [5.74, 6) is 0.395. The van der Waals surface area contributed by atoms with Crippen molar-refractivity contribution in [1.29, 1.82) is 0 Å². The van der Waals surface area contributed by atoms with Crippen LogP contribution in [0.4, 0.5) is 5.82 Å². The predicted octanol–water partition coefficient (Wildman–Crippen LogP) is 1.78. The van der Waals surface area contributed by atoms with Crippen LogP contribution in [0.1, 0.15) is 42.6 Å². The van der Waals surface area contributed by atoms with Crippen LogP contribution in [0, 0.1) is 11.8 Å². The highest BCUT2D eigenvalue weighted by molar-refractivity contribution is 5.84. The lowest BCUT2D eigenvalue weighted by molar-refractivity contribution is 0.0690. The summed E-state index contributed by atoms with van der Waals surface area (Å²) in [6.45, 7) is 0.790. The Balaban J connectivity index is 1.81. The summed E-state index contributed by atoms with van der Waals surface area (Å²) in [4.78, 5) is 18.5. The van der Waals surface area contributed by atoms with Gasteiger partial charge in [0.1, 0.15) is 5.82 Å². The van der Waals surface area contributed by atoms with E-state index in [2.05, 4.69) is 15.3 Å². The quantitative estimate of drug-likeness (QED) is 0.704. The number of hydrogen-bond donors (Lipinski definition) is 3. The van der Waals surface area contributed by atoms with Gasteiger partial charge in [0, 0.05) is 13.2 Å². The van der Waals surface area contributed by atoms with Crippen LogP contribution in [0.5, 0.6) is 0 Å². The number of carbonyl (C=O) groups is 1. The molecule has 1 saturated carbocycles. The summed E-state index contributed by atoms with van der Waals surface area (Å²) in [7, 11) is 0. The average molecular weight is 279 g/mol. The van der Waals surface area contributed by atoms with E-state index in [9.17, 15) is 9.90 Å². The van der Waals surface area contributed by atoms with Gasteiger partial charge in [-0.15, -0.1) is 0 Å². The van der Waals surface area contributed by atoms with Gasteiger partial charge in [-0.3, -0.25) is 0 Å². The predicted molar refractivity (Wildman–Crippen MR) is 74.6 cm³/mol. The van der Waals surface area contributed by atoms with Gasteiger partial charge in [-0.2, -0.15) is 0 Å². The summed E-state index contributed by atoms with van der Waals surface area (Å²) in [6.07, 6.45) is 8.82. The van der Waals surface area contributed by atoms with Crippen LogP contribution in [-0.4, -0.2) is 39.3 Å². The van der Waals surface area contributed by atoms with Crippen molar-refractivity contribution < 1.29 is 15.0 Å². The van der Waals surface area contributed by atoms with Crippen molar-refractivity contribution in [2.75, 3.05) is 18.5 Å². The van der Waals surface area contributed by atoms with Gasteiger partial charge in [0.25, 0.3) is 0 Å². The fourth-order valence-electron chi connectivity index (χ4n) is 2.72. The monoisotopic (exact) mass is 279 g/mol. The molecule has 3 N–H and O–H groups in total. The van der Waals surface area contributed by atoms with Gasteiger partial charge < -0.3 is 15.5 Å². The zero-order chi connectivity index (χ0) is 14.4. The minimum Gasteiger partial charge on any atom is -0.476 e. The molecule has 110 valence electrons. The molecule has 6 heteroatoms. The SMILES string of the molecule is O=C(O)c1cnc(NCC(CO)CC2CCCC2)cn1. The third-order valence-corrected chi connectivity index (χ3v) is 3.84. The molecule has 2 rings (SSSR count). The van der Waals surface area contributed by atoms with Crippen LogP contribution in [-0.2, 0) is 0 Å². The molecule has 0 saturated heterocycles. The molecule has 0 spiro atoms. The van der Waals surface area contributed by atoms with E-state index in [0.29, 0.717) is 12.4 Å². The summed E-state index contributed by atoms with van der Waals surface area (Å²) >= 11 is 0. The van der Waals surface area contributed by atoms with Gasteiger partial charge in [-0.1, -0.05) is 25.7 Å². The number of nitrogens with zero attached hydrogens (tertiary/aromatic N) is 2. The number of aliphatic hydroxyl groups is 1. The second-order valence-corrected chi connectivity index (χ2v) is 5.41. The highest BCUT2D eigenvalue weighted by Gasteiger charge is 2.19. The van der Waals surface area contributed by atoms with Crippen LogP contribution in [0.3, 0.4) is 0 Å². The topological polar surface area (TPSA) is 95.3 Å². The number of aromatic nitrogens is 2. The van der Waals surface area contributed by atoms with E-state index in [1.54, 1.807) is 0 Å². The third-order valence-electron chi connectivity index (χ3n) is 3.84. The molecule has 0 aromatic carbocycles. The van der Waals surface area contributed by atoms with Crippen molar-refractivity contribution in [2.45, 2.75) is 32.1 Å². The molecule has 1 atom stereocenters. The first kappa shape index (κ1) is 14.7. The summed E-state index contributed by atoms with van der Waals surface area (Å²) in [6, 6.07) is 0. The normalized spacial score (nSPS) is 17.1. The Kier molecular flexibility index (Phi) is 5.29. The number of nitrogens with one attached hydrogen (secondary N) is 1. The van der Waals surface area contributed by atoms with Crippen molar-refractivity contribution >= 4 is 11.8 Å². The third kappa shape index (κ3) is 4.16. The van der Waals surface area contributed by atoms with Crippen LogP contribution in [0.2, 0.25) is 0 Å². The summed E-state index contributed by atoms with van der Waals surface area (Å²) < 4.78 is 0. The second kappa shape index (κ2) is 7.19. The Hall–Kier alpha value is -1.69. The number of carboxylic acid groups (broad SMARTS) is 1. The van der Waals surface area contributed by atoms with Gasteiger partial charge in [-0.25, -0.2) is 14.8 Å². The lowest BCUT2D eigenvalue weighted by atomic mass is 9.94. The lowest BCUT2D eigenvalue weighted by Gasteiger charge is -2.19. The van der Waals surface area contributed by atoms with Crippen LogP contribution >= 0.6 is 0 Å². The Morgan fingerprint density at radius 2 is 2.10 bits per heavy atom. The molecule has 20 heavy (non-hydrogen) atoms. The van der Waals surface area contributed by atoms with Gasteiger partial charge >= 0.3 is 5.97 Å². The van der Waals surface area contributed by atoms with Crippen molar-refractivity contribution in [3.8, 4) is 0 Å². The van der Waals surface area contributed by atoms with E-state index in [0.717, 1.165) is 12.3 Å². The molecule has 1 fully saturated rings. The Bertz CT molecular complexity index is 430. The molecule has 1 aliphatic rings. The lowest BCUT2D eigenvalue weighted by Crippen LogP contribution is -2.21. The number of hydrogen-bond acceptors (Lipinski definition) is 5. The Labute approximate surface area is 118 Å². The summed E-state index contributed by atoms with van der Waals surface area (Å²) in [5.41, 5.74) is -0.0692. The van der Waals surface area contributed by atoms with Crippen molar-refractivity contribution in [1.82, 2.24) is 9.97 Å². The molecule has 1 unspecified atom stereocenters. The Morgan fingerprint density at radius 1 is 1.35 bits per heavy atom. The van der Waals surface area contributed by atoms with Crippen molar-refractivity contribution in [2.24, 2.45) is 11.8 Å². The molecule has 1 aromatic heterocycles. The molecule has 1 heterocycles. The summed E-state index contributed by atoms with van der Waals surface area (Å²) in [5, 5.41) is 21.3. The molecule has 0 aliphatic heterocycles. The number of carboxylic acids is 1. The standard InChI is InChI=1S/C14H21N3O3/c18-9-11(5-10-3-1-2-4-10)6-16-13-8-15-12(7-17-13)14(19)20/h7-8,10-11,18H,1-6,9H2,(H,16,17)(H,19,20).